The van der Waals surface area contributed by atoms with Gasteiger partial charge in [-0.2, -0.15) is 18.3 Å². The third kappa shape index (κ3) is 7.86. The Labute approximate surface area is 190 Å². The molecule has 1 N–H and O–H groups in total. The van der Waals surface area contributed by atoms with E-state index in [1.807, 2.05) is 44.2 Å². The summed E-state index contributed by atoms with van der Waals surface area (Å²) in [7, 11) is 8.11. The van der Waals surface area contributed by atoms with Crippen LogP contribution in [0.5, 0.6) is 0 Å². The van der Waals surface area contributed by atoms with E-state index in [1.165, 1.54) is 11.1 Å². The van der Waals surface area contributed by atoms with E-state index in [2.05, 4.69) is 58.2 Å². The summed E-state index contributed by atoms with van der Waals surface area (Å²) in [6, 6.07) is 10.6. The third-order valence-electron chi connectivity index (χ3n) is 4.43. The molecule has 33 heavy (non-hydrogen) atoms. The Morgan fingerprint density at radius 2 is 1.73 bits per heavy atom. The van der Waals surface area contributed by atoms with E-state index >= 15 is 0 Å². The standard InChI is InChI=1S/C20H26N6.C2HF3O2/c1-15-18(14-26(5)23-15)19-9-10-21-20(22-19)25(4)13-17-8-6-7-16(11-17)12-24(2)3;3-2(4,5)1(6)7/h6-11,14H,12-13H2,1-5H3;(H,6,7). The molecule has 0 saturated carbocycles. The fraction of sp³-hybridized carbons (Fsp3) is 0.364. The molecule has 0 saturated heterocycles. The Morgan fingerprint density at radius 3 is 2.24 bits per heavy atom. The van der Waals surface area contributed by atoms with Crippen molar-refractivity contribution in [3.05, 3.63) is 59.5 Å². The molecule has 0 aliphatic heterocycles. The van der Waals surface area contributed by atoms with Gasteiger partial charge in [0, 0.05) is 45.1 Å². The number of anilines is 1. The van der Waals surface area contributed by atoms with Crippen LogP contribution >= 0.6 is 0 Å². The van der Waals surface area contributed by atoms with Crippen molar-refractivity contribution in [2.75, 3.05) is 26.0 Å². The van der Waals surface area contributed by atoms with Crippen molar-refractivity contribution in [1.82, 2.24) is 24.6 Å². The van der Waals surface area contributed by atoms with E-state index in [0.717, 1.165) is 30.0 Å². The van der Waals surface area contributed by atoms with Gasteiger partial charge in [-0.25, -0.2) is 14.8 Å². The van der Waals surface area contributed by atoms with Crippen LogP contribution in [0, 0.1) is 6.92 Å². The average Bonchev–Trinajstić information content (AvgIpc) is 3.05. The number of hydrogen-bond acceptors (Lipinski definition) is 6. The zero-order valence-electron chi connectivity index (χ0n) is 19.1. The zero-order chi connectivity index (χ0) is 24.8. The molecule has 0 fully saturated rings. The smallest absolute Gasteiger partial charge is 0.475 e. The molecule has 0 amide bonds. The second kappa shape index (κ2) is 10.9. The Kier molecular flexibility index (Phi) is 8.52. The van der Waals surface area contributed by atoms with Crippen molar-refractivity contribution < 1.29 is 23.1 Å². The monoisotopic (exact) mass is 464 g/mol. The first kappa shape index (κ1) is 25.8. The summed E-state index contributed by atoms with van der Waals surface area (Å²) in [6.45, 7) is 3.69. The van der Waals surface area contributed by atoms with Crippen molar-refractivity contribution in [3.63, 3.8) is 0 Å². The molecular formula is C22H27F3N6O2. The van der Waals surface area contributed by atoms with Gasteiger partial charge in [0.1, 0.15) is 0 Å². The summed E-state index contributed by atoms with van der Waals surface area (Å²) in [5.41, 5.74) is 5.46. The quantitative estimate of drug-likeness (QED) is 0.597. The van der Waals surface area contributed by atoms with E-state index in [4.69, 9.17) is 14.9 Å². The minimum Gasteiger partial charge on any atom is -0.475 e. The number of rotatable bonds is 6. The largest absolute Gasteiger partial charge is 0.490 e. The maximum absolute atomic E-state index is 10.6. The number of benzene rings is 1. The van der Waals surface area contributed by atoms with E-state index in [9.17, 15) is 13.2 Å². The molecule has 3 aromatic rings. The molecule has 2 heterocycles. The number of aromatic nitrogens is 4. The molecule has 0 aliphatic rings. The summed E-state index contributed by atoms with van der Waals surface area (Å²) in [4.78, 5) is 22.3. The van der Waals surface area contributed by atoms with Crippen molar-refractivity contribution in [3.8, 4) is 11.3 Å². The number of aliphatic carboxylic acids is 1. The maximum Gasteiger partial charge on any atom is 0.490 e. The predicted molar refractivity (Wildman–Crippen MR) is 119 cm³/mol. The summed E-state index contributed by atoms with van der Waals surface area (Å²) in [5, 5.41) is 11.5. The van der Waals surface area contributed by atoms with Gasteiger partial charge in [-0.1, -0.05) is 24.3 Å². The molecule has 0 aliphatic carbocycles. The second-order valence-corrected chi connectivity index (χ2v) is 7.76. The van der Waals surface area contributed by atoms with Crippen LogP contribution in [0.4, 0.5) is 19.1 Å². The summed E-state index contributed by atoms with van der Waals surface area (Å²) < 4.78 is 33.5. The van der Waals surface area contributed by atoms with Gasteiger partial charge in [-0.05, 0) is 38.2 Å². The van der Waals surface area contributed by atoms with Crippen LogP contribution in [0.1, 0.15) is 16.8 Å². The molecule has 2 aromatic heterocycles. The number of alkyl halides is 3. The highest BCUT2D eigenvalue weighted by Gasteiger charge is 2.38. The molecule has 0 spiro atoms. The van der Waals surface area contributed by atoms with E-state index in [1.54, 1.807) is 0 Å². The molecule has 0 radical (unpaired) electrons. The Balaban J connectivity index is 0.000000479. The summed E-state index contributed by atoms with van der Waals surface area (Å²) >= 11 is 0. The molecule has 3 rings (SSSR count). The van der Waals surface area contributed by atoms with Gasteiger partial charge in [-0.3, -0.25) is 4.68 Å². The molecular weight excluding hydrogens is 437 g/mol. The molecule has 11 heteroatoms. The van der Waals surface area contributed by atoms with Gasteiger partial charge >= 0.3 is 12.1 Å². The lowest BCUT2D eigenvalue weighted by Crippen LogP contribution is -2.21. The Hall–Kier alpha value is -3.47. The number of carboxylic acid groups (broad SMARTS) is 1. The minimum absolute atomic E-state index is 0.712. The topological polar surface area (TPSA) is 87.4 Å². The lowest BCUT2D eigenvalue weighted by atomic mass is 10.1. The highest BCUT2D eigenvalue weighted by Crippen LogP contribution is 2.22. The Bertz CT molecular complexity index is 1080. The maximum atomic E-state index is 10.6. The van der Waals surface area contributed by atoms with Gasteiger partial charge in [0.05, 0.1) is 11.4 Å². The van der Waals surface area contributed by atoms with Crippen molar-refractivity contribution in [1.29, 1.82) is 0 Å². The highest BCUT2D eigenvalue weighted by atomic mass is 19.4. The van der Waals surface area contributed by atoms with Crippen LogP contribution in [-0.2, 0) is 24.9 Å². The SMILES string of the molecule is Cc1nn(C)cc1-c1ccnc(N(C)Cc2cccc(CN(C)C)c2)n1.O=C(O)C(F)(F)F. The predicted octanol–water partition coefficient (Wildman–Crippen LogP) is 3.52. The van der Waals surface area contributed by atoms with Gasteiger partial charge < -0.3 is 14.9 Å². The lowest BCUT2D eigenvalue weighted by Gasteiger charge is -2.18. The molecule has 0 unspecified atom stereocenters. The molecule has 178 valence electrons. The number of nitrogens with zero attached hydrogens (tertiary/aromatic N) is 6. The van der Waals surface area contributed by atoms with Crippen LogP contribution in [0.3, 0.4) is 0 Å². The summed E-state index contributed by atoms with van der Waals surface area (Å²) in [5.74, 6) is -2.05. The number of halogens is 3. The fourth-order valence-electron chi connectivity index (χ4n) is 3.07. The number of hydrogen-bond donors (Lipinski definition) is 1. The second-order valence-electron chi connectivity index (χ2n) is 7.76. The van der Waals surface area contributed by atoms with Gasteiger partial charge in [-0.15, -0.1) is 0 Å². The zero-order valence-corrected chi connectivity index (χ0v) is 19.1. The fourth-order valence-corrected chi connectivity index (χ4v) is 3.07. The third-order valence-corrected chi connectivity index (χ3v) is 4.43. The summed E-state index contributed by atoms with van der Waals surface area (Å²) in [6.07, 6.45) is -1.28. The van der Waals surface area contributed by atoms with Crippen molar-refractivity contribution in [2.24, 2.45) is 7.05 Å². The number of carboxylic acids is 1. The van der Waals surface area contributed by atoms with Crippen molar-refractivity contribution in [2.45, 2.75) is 26.2 Å². The number of carbonyl (C=O) groups is 1. The van der Waals surface area contributed by atoms with Crippen LogP contribution in [0.25, 0.3) is 11.3 Å². The molecule has 1 aromatic carbocycles. The first-order valence-corrected chi connectivity index (χ1v) is 9.94. The first-order valence-electron chi connectivity index (χ1n) is 9.94. The van der Waals surface area contributed by atoms with Gasteiger partial charge in [0.25, 0.3) is 0 Å². The first-order chi connectivity index (χ1) is 15.4. The molecule has 0 atom stereocenters. The van der Waals surface area contributed by atoms with E-state index < -0.39 is 12.1 Å². The van der Waals surface area contributed by atoms with E-state index in [0.29, 0.717) is 5.95 Å². The molecule has 8 nitrogen and oxygen atoms in total. The lowest BCUT2D eigenvalue weighted by molar-refractivity contribution is -0.192. The van der Waals surface area contributed by atoms with Gasteiger partial charge in [0.15, 0.2) is 0 Å². The van der Waals surface area contributed by atoms with Gasteiger partial charge in [0.2, 0.25) is 5.95 Å². The van der Waals surface area contributed by atoms with Crippen LogP contribution in [-0.4, -0.2) is 63.0 Å². The van der Waals surface area contributed by atoms with Crippen LogP contribution in [0.15, 0.2) is 42.7 Å². The highest BCUT2D eigenvalue weighted by molar-refractivity contribution is 5.73. The number of aryl methyl sites for hydroxylation is 2. The van der Waals surface area contributed by atoms with Crippen molar-refractivity contribution >= 4 is 11.9 Å². The van der Waals surface area contributed by atoms with Crippen LogP contribution in [0.2, 0.25) is 0 Å². The normalized spacial score (nSPS) is 11.2. The minimum atomic E-state index is -5.08. The average molecular weight is 464 g/mol. The Morgan fingerprint density at radius 1 is 1.12 bits per heavy atom. The molecule has 0 bridgehead atoms. The van der Waals surface area contributed by atoms with E-state index in [-0.39, 0.29) is 0 Å². The van der Waals surface area contributed by atoms with Crippen LogP contribution < -0.4 is 4.90 Å².